The van der Waals surface area contributed by atoms with E-state index in [2.05, 4.69) is 0 Å². The molecule has 2 radical (unpaired) electrons. The van der Waals surface area contributed by atoms with Crippen molar-refractivity contribution in [3.63, 3.8) is 0 Å². The van der Waals surface area contributed by atoms with E-state index in [0.29, 0.717) is 5.02 Å². The zero-order valence-corrected chi connectivity index (χ0v) is 6.32. The number of halogens is 2. The molecule has 60 valence electrons. The summed E-state index contributed by atoms with van der Waals surface area (Å²) >= 11 is 5.49. The van der Waals surface area contributed by atoms with Gasteiger partial charge >= 0.3 is 0 Å². The fourth-order valence-electron chi connectivity index (χ4n) is 0.515. The second kappa shape index (κ2) is 5.13. The van der Waals surface area contributed by atoms with Crippen molar-refractivity contribution in [3.8, 4) is 0 Å². The molecule has 11 heavy (non-hydrogen) atoms. The van der Waals surface area contributed by atoms with Crippen LogP contribution in [0.15, 0.2) is 18.2 Å². The Morgan fingerprint density at radius 2 is 1.82 bits per heavy atom. The van der Waals surface area contributed by atoms with Gasteiger partial charge in [0.2, 0.25) is 0 Å². The molecule has 0 fully saturated rings. The van der Waals surface area contributed by atoms with E-state index in [0.717, 1.165) is 0 Å². The SMILES string of the molecule is O.O.[B]c1cc(F)ccc1Cl. The maximum absolute atomic E-state index is 12.2. The lowest BCUT2D eigenvalue weighted by Crippen LogP contribution is -2.03. The third-order valence-corrected chi connectivity index (χ3v) is 1.30. The van der Waals surface area contributed by atoms with Crippen molar-refractivity contribution < 1.29 is 15.3 Å². The van der Waals surface area contributed by atoms with Gasteiger partial charge in [-0.15, -0.1) is 0 Å². The first-order chi connectivity index (χ1) is 4.20. The second-order valence-electron chi connectivity index (χ2n) is 1.67. The van der Waals surface area contributed by atoms with E-state index in [-0.39, 0.29) is 22.2 Å². The van der Waals surface area contributed by atoms with Crippen LogP contribution in [0.1, 0.15) is 0 Å². The molecule has 0 saturated heterocycles. The molecular formula is C6H7BClFO2. The van der Waals surface area contributed by atoms with E-state index in [4.69, 9.17) is 19.4 Å². The summed E-state index contributed by atoms with van der Waals surface area (Å²) in [7, 11) is 5.25. The van der Waals surface area contributed by atoms with Crippen molar-refractivity contribution in [1.82, 2.24) is 0 Å². The Kier molecular flexibility index (Phi) is 6.08. The Bertz CT molecular complexity index is 232. The number of rotatable bonds is 0. The van der Waals surface area contributed by atoms with Crippen LogP contribution in [0.5, 0.6) is 0 Å². The smallest absolute Gasteiger partial charge is 0.122 e. The largest absolute Gasteiger partial charge is 0.412 e. The fourth-order valence-corrected chi connectivity index (χ4v) is 0.632. The first-order valence-electron chi connectivity index (χ1n) is 2.40. The van der Waals surface area contributed by atoms with Gasteiger partial charge in [0.1, 0.15) is 13.7 Å². The molecule has 0 spiro atoms. The van der Waals surface area contributed by atoms with Crippen molar-refractivity contribution in [2.45, 2.75) is 0 Å². The van der Waals surface area contributed by atoms with Gasteiger partial charge in [0.05, 0.1) is 0 Å². The molecule has 0 aliphatic heterocycles. The van der Waals surface area contributed by atoms with Crippen molar-refractivity contribution in [3.05, 3.63) is 29.0 Å². The number of hydrogen-bond acceptors (Lipinski definition) is 0. The van der Waals surface area contributed by atoms with Crippen LogP contribution in [0.25, 0.3) is 0 Å². The summed E-state index contributed by atoms with van der Waals surface area (Å²) in [4.78, 5) is 0. The first-order valence-corrected chi connectivity index (χ1v) is 2.78. The van der Waals surface area contributed by atoms with Crippen LogP contribution in [0.4, 0.5) is 4.39 Å². The highest BCUT2D eigenvalue weighted by atomic mass is 35.5. The molecule has 0 amide bonds. The van der Waals surface area contributed by atoms with Gasteiger partial charge in [-0.1, -0.05) is 17.1 Å². The third-order valence-electron chi connectivity index (χ3n) is 0.958. The van der Waals surface area contributed by atoms with E-state index in [1.165, 1.54) is 18.2 Å². The van der Waals surface area contributed by atoms with Crippen LogP contribution < -0.4 is 5.46 Å². The first kappa shape index (κ1) is 13.0. The molecule has 1 aromatic rings. The van der Waals surface area contributed by atoms with Gasteiger partial charge in [-0.3, -0.25) is 0 Å². The molecular weight excluding hydrogens is 169 g/mol. The van der Waals surface area contributed by atoms with Crippen LogP contribution >= 0.6 is 11.6 Å². The fraction of sp³-hybridized carbons (Fsp3) is 0. The van der Waals surface area contributed by atoms with Gasteiger partial charge in [-0.05, 0) is 18.2 Å². The second-order valence-corrected chi connectivity index (χ2v) is 2.07. The molecule has 0 aromatic heterocycles. The highest BCUT2D eigenvalue weighted by Gasteiger charge is 1.93. The molecule has 5 heteroatoms. The Balaban J connectivity index is 0. The number of benzene rings is 1. The van der Waals surface area contributed by atoms with Gasteiger partial charge < -0.3 is 11.0 Å². The standard InChI is InChI=1S/C6H3BClF.2H2O/c7-5-3-4(9)1-2-6(5)8;;/h1-3H;2*1H2. The van der Waals surface area contributed by atoms with Gasteiger partial charge in [-0.25, -0.2) is 4.39 Å². The van der Waals surface area contributed by atoms with Gasteiger partial charge in [0, 0.05) is 5.02 Å². The summed E-state index contributed by atoms with van der Waals surface area (Å²) < 4.78 is 12.2. The third kappa shape index (κ3) is 3.37. The van der Waals surface area contributed by atoms with Crippen LogP contribution in [0, 0.1) is 5.82 Å². The molecule has 1 aromatic carbocycles. The van der Waals surface area contributed by atoms with E-state index in [1.54, 1.807) is 0 Å². The minimum absolute atomic E-state index is 0. The molecule has 2 nitrogen and oxygen atoms in total. The summed E-state index contributed by atoms with van der Waals surface area (Å²) in [6.45, 7) is 0. The van der Waals surface area contributed by atoms with Crippen molar-refractivity contribution in [2.24, 2.45) is 0 Å². The maximum atomic E-state index is 12.2. The Morgan fingerprint density at radius 3 is 2.18 bits per heavy atom. The highest BCUT2D eigenvalue weighted by molar-refractivity contribution is 6.44. The average molecular weight is 176 g/mol. The van der Waals surface area contributed by atoms with Crippen LogP contribution in [0.3, 0.4) is 0 Å². The summed E-state index contributed by atoms with van der Waals surface area (Å²) in [5.74, 6) is -0.364. The van der Waals surface area contributed by atoms with E-state index in [1.807, 2.05) is 0 Å². The van der Waals surface area contributed by atoms with E-state index >= 15 is 0 Å². The monoisotopic (exact) mass is 176 g/mol. The summed E-state index contributed by atoms with van der Waals surface area (Å²) in [6, 6.07) is 3.87. The predicted molar refractivity (Wildman–Crippen MR) is 44.0 cm³/mol. The molecule has 1 rings (SSSR count). The molecule has 0 unspecified atom stereocenters. The topological polar surface area (TPSA) is 63.0 Å². The lowest BCUT2D eigenvalue weighted by molar-refractivity contribution is 0.629. The zero-order valence-electron chi connectivity index (χ0n) is 5.57. The van der Waals surface area contributed by atoms with Crippen molar-refractivity contribution in [2.75, 3.05) is 0 Å². The maximum Gasteiger partial charge on any atom is 0.122 e. The highest BCUT2D eigenvalue weighted by Crippen LogP contribution is 2.04. The minimum atomic E-state index is -0.364. The zero-order chi connectivity index (χ0) is 6.85. The summed E-state index contributed by atoms with van der Waals surface area (Å²) in [5, 5.41) is 0.386. The molecule has 0 bridgehead atoms. The molecule has 0 aliphatic rings. The lowest BCUT2D eigenvalue weighted by atomic mass is 9.96. The predicted octanol–water partition coefficient (Wildman–Crippen LogP) is -0.377. The van der Waals surface area contributed by atoms with Gasteiger partial charge in [0.15, 0.2) is 0 Å². The van der Waals surface area contributed by atoms with Crippen molar-refractivity contribution in [1.29, 1.82) is 0 Å². The van der Waals surface area contributed by atoms with Crippen molar-refractivity contribution >= 4 is 24.9 Å². The van der Waals surface area contributed by atoms with Crippen LogP contribution in [0.2, 0.25) is 5.02 Å². The van der Waals surface area contributed by atoms with E-state index < -0.39 is 0 Å². The Labute approximate surface area is 70.0 Å². The molecule has 0 heterocycles. The van der Waals surface area contributed by atoms with E-state index in [9.17, 15) is 4.39 Å². The molecule has 0 aliphatic carbocycles. The van der Waals surface area contributed by atoms with Crippen LogP contribution in [-0.4, -0.2) is 18.8 Å². The normalized spacial score (nSPS) is 7.82. The molecule has 4 N–H and O–H groups in total. The van der Waals surface area contributed by atoms with Crippen LogP contribution in [-0.2, 0) is 0 Å². The Hall–Kier alpha value is -0.575. The lowest BCUT2D eigenvalue weighted by Gasteiger charge is -1.94. The summed E-state index contributed by atoms with van der Waals surface area (Å²) in [5.41, 5.74) is 0.275. The Morgan fingerprint density at radius 1 is 1.27 bits per heavy atom. The minimum Gasteiger partial charge on any atom is -0.412 e. The summed E-state index contributed by atoms with van der Waals surface area (Å²) in [6.07, 6.45) is 0. The molecule has 0 atom stereocenters. The van der Waals surface area contributed by atoms with Gasteiger partial charge in [-0.2, -0.15) is 0 Å². The average Bonchev–Trinajstić information content (AvgIpc) is 1.80. The molecule has 0 saturated carbocycles. The van der Waals surface area contributed by atoms with Gasteiger partial charge in [0.25, 0.3) is 0 Å². The number of hydrogen-bond donors (Lipinski definition) is 0. The quantitative estimate of drug-likeness (QED) is 0.484.